The van der Waals surface area contributed by atoms with Crippen LogP contribution in [0.4, 0.5) is 5.69 Å². The number of hydrogen-bond acceptors (Lipinski definition) is 4. The lowest BCUT2D eigenvalue weighted by Crippen LogP contribution is -2.51. The molecule has 0 spiro atoms. The fourth-order valence-electron chi connectivity index (χ4n) is 3.03. The molecule has 1 aliphatic rings. The van der Waals surface area contributed by atoms with Gasteiger partial charge in [-0.05, 0) is 23.8 Å². The maximum Gasteiger partial charge on any atom is 0.282 e. The minimum atomic E-state index is -0.556. The van der Waals surface area contributed by atoms with Crippen molar-refractivity contribution in [2.45, 2.75) is 6.42 Å². The summed E-state index contributed by atoms with van der Waals surface area (Å²) in [6.07, 6.45) is 0.273. The van der Waals surface area contributed by atoms with E-state index in [2.05, 4.69) is 0 Å². The van der Waals surface area contributed by atoms with Crippen molar-refractivity contribution in [1.82, 2.24) is 9.80 Å². The molecule has 2 amide bonds. The quantitative estimate of drug-likeness (QED) is 0.596. The molecule has 0 saturated carbocycles. The molecule has 0 aromatic heterocycles. The molecule has 0 aliphatic carbocycles. The highest BCUT2D eigenvalue weighted by Crippen LogP contribution is 2.20. The van der Waals surface area contributed by atoms with Crippen molar-refractivity contribution in [3.05, 3.63) is 74.8 Å². The average molecular weight is 388 g/mol. The molecule has 0 bridgehead atoms. The van der Waals surface area contributed by atoms with Crippen molar-refractivity contribution in [2.75, 3.05) is 26.2 Å². The Hall–Kier alpha value is -2.93. The van der Waals surface area contributed by atoms with Gasteiger partial charge in [0.1, 0.15) is 5.56 Å². The summed E-state index contributed by atoms with van der Waals surface area (Å²) in [5, 5.41) is 11.7. The number of amides is 2. The molecule has 8 heteroatoms. The Bertz CT molecular complexity index is 862. The Labute approximate surface area is 161 Å². The number of carbonyl (C=O) groups excluding carboxylic acids is 2. The maximum atomic E-state index is 12.6. The van der Waals surface area contributed by atoms with Gasteiger partial charge in [0.25, 0.3) is 11.6 Å². The van der Waals surface area contributed by atoms with Crippen LogP contribution in [0.3, 0.4) is 0 Å². The Morgan fingerprint density at radius 1 is 0.963 bits per heavy atom. The molecular formula is C19H18ClN3O4. The van der Waals surface area contributed by atoms with Gasteiger partial charge in [0.05, 0.1) is 11.3 Å². The molecule has 0 radical (unpaired) electrons. The van der Waals surface area contributed by atoms with Gasteiger partial charge in [-0.3, -0.25) is 19.7 Å². The number of hydrogen-bond donors (Lipinski definition) is 0. The van der Waals surface area contributed by atoms with Crippen LogP contribution >= 0.6 is 11.6 Å². The van der Waals surface area contributed by atoms with Gasteiger partial charge in [0.15, 0.2) is 0 Å². The number of piperazine rings is 1. The number of carbonyl (C=O) groups is 2. The maximum absolute atomic E-state index is 12.6. The lowest BCUT2D eigenvalue weighted by Gasteiger charge is -2.34. The highest BCUT2D eigenvalue weighted by Gasteiger charge is 2.28. The second-order valence-corrected chi connectivity index (χ2v) is 6.69. The van der Waals surface area contributed by atoms with E-state index < -0.39 is 4.92 Å². The zero-order chi connectivity index (χ0) is 19.4. The first-order valence-corrected chi connectivity index (χ1v) is 8.88. The Morgan fingerprint density at radius 2 is 1.56 bits per heavy atom. The number of benzene rings is 2. The molecule has 1 saturated heterocycles. The van der Waals surface area contributed by atoms with Crippen molar-refractivity contribution >= 4 is 29.1 Å². The highest BCUT2D eigenvalue weighted by atomic mass is 35.5. The summed E-state index contributed by atoms with van der Waals surface area (Å²) < 4.78 is 0. The van der Waals surface area contributed by atoms with Crippen molar-refractivity contribution in [3.8, 4) is 0 Å². The van der Waals surface area contributed by atoms with Crippen LogP contribution in [-0.2, 0) is 11.2 Å². The first-order chi connectivity index (χ1) is 13.0. The fourth-order valence-corrected chi connectivity index (χ4v) is 3.16. The largest absolute Gasteiger partial charge is 0.339 e. The van der Waals surface area contributed by atoms with E-state index in [9.17, 15) is 19.7 Å². The fraction of sp³-hybridized carbons (Fsp3) is 0.263. The molecular weight excluding hydrogens is 370 g/mol. The van der Waals surface area contributed by atoms with Crippen molar-refractivity contribution in [3.63, 3.8) is 0 Å². The number of rotatable bonds is 4. The van der Waals surface area contributed by atoms with Gasteiger partial charge in [-0.2, -0.15) is 0 Å². The SMILES string of the molecule is O=C(Cc1ccc(Cl)cc1)N1CCN(C(=O)c2ccccc2[N+](=O)[O-])CC1. The summed E-state index contributed by atoms with van der Waals surface area (Å²) in [6, 6.07) is 13.0. The number of para-hydroxylation sites is 1. The third kappa shape index (κ3) is 4.43. The van der Waals surface area contributed by atoms with Gasteiger partial charge in [0.2, 0.25) is 5.91 Å². The first-order valence-electron chi connectivity index (χ1n) is 8.50. The number of halogens is 1. The summed E-state index contributed by atoms with van der Waals surface area (Å²) in [7, 11) is 0. The number of nitro groups is 1. The van der Waals surface area contributed by atoms with Crippen LogP contribution in [0.25, 0.3) is 0 Å². The minimum absolute atomic E-state index is 0.0184. The van der Waals surface area contributed by atoms with E-state index in [0.29, 0.717) is 31.2 Å². The molecule has 140 valence electrons. The molecule has 1 aliphatic heterocycles. The number of nitrogens with zero attached hydrogens (tertiary/aromatic N) is 3. The minimum Gasteiger partial charge on any atom is -0.339 e. The second-order valence-electron chi connectivity index (χ2n) is 6.25. The monoisotopic (exact) mass is 387 g/mol. The average Bonchev–Trinajstić information content (AvgIpc) is 2.69. The van der Waals surface area contributed by atoms with Gasteiger partial charge in [-0.1, -0.05) is 35.9 Å². The van der Waals surface area contributed by atoms with Gasteiger partial charge in [-0.25, -0.2) is 0 Å². The van der Waals surface area contributed by atoms with Crippen LogP contribution in [-0.4, -0.2) is 52.7 Å². The smallest absolute Gasteiger partial charge is 0.282 e. The molecule has 1 fully saturated rings. The predicted molar refractivity (Wildman–Crippen MR) is 101 cm³/mol. The Balaban J connectivity index is 1.60. The third-order valence-corrected chi connectivity index (χ3v) is 4.77. The first kappa shape index (κ1) is 18.8. The second kappa shape index (κ2) is 8.18. The molecule has 0 N–H and O–H groups in total. The zero-order valence-electron chi connectivity index (χ0n) is 14.5. The van der Waals surface area contributed by atoms with E-state index in [4.69, 9.17) is 11.6 Å². The van der Waals surface area contributed by atoms with Crippen LogP contribution in [0, 0.1) is 10.1 Å². The van der Waals surface area contributed by atoms with E-state index in [-0.39, 0.29) is 29.5 Å². The van der Waals surface area contributed by atoms with Crippen LogP contribution in [0.2, 0.25) is 5.02 Å². The van der Waals surface area contributed by atoms with E-state index >= 15 is 0 Å². The predicted octanol–water partition coefficient (Wildman–Crippen LogP) is 2.78. The summed E-state index contributed by atoms with van der Waals surface area (Å²) in [6.45, 7) is 1.49. The lowest BCUT2D eigenvalue weighted by molar-refractivity contribution is -0.385. The molecule has 1 heterocycles. The third-order valence-electron chi connectivity index (χ3n) is 4.52. The summed E-state index contributed by atoms with van der Waals surface area (Å²) in [5.41, 5.74) is 0.745. The molecule has 0 atom stereocenters. The van der Waals surface area contributed by atoms with Crippen LogP contribution in [0.15, 0.2) is 48.5 Å². The van der Waals surface area contributed by atoms with Gasteiger partial charge < -0.3 is 9.80 Å². The normalized spacial score (nSPS) is 14.1. The molecule has 2 aromatic rings. The van der Waals surface area contributed by atoms with Crippen LogP contribution < -0.4 is 0 Å². The zero-order valence-corrected chi connectivity index (χ0v) is 15.3. The Morgan fingerprint density at radius 3 is 2.19 bits per heavy atom. The van der Waals surface area contributed by atoms with Crippen molar-refractivity contribution in [2.24, 2.45) is 0 Å². The lowest BCUT2D eigenvalue weighted by atomic mass is 10.1. The summed E-state index contributed by atoms with van der Waals surface area (Å²) in [4.78, 5) is 38.9. The van der Waals surface area contributed by atoms with Crippen LogP contribution in [0.5, 0.6) is 0 Å². The standard InChI is InChI=1S/C19H18ClN3O4/c20-15-7-5-14(6-8-15)13-18(24)21-9-11-22(12-10-21)19(25)16-3-1-2-4-17(16)23(26)27/h1-8H,9-13H2. The van der Waals surface area contributed by atoms with E-state index in [1.54, 1.807) is 28.0 Å². The topological polar surface area (TPSA) is 83.8 Å². The van der Waals surface area contributed by atoms with Crippen molar-refractivity contribution in [1.29, 1.82) is 0 Å². The Kier molecular flexibility index (Phi) is 5.71. The molecule has 27 heavy (non-hydrogen) atoms. The molecule has 7 nitrogen and oxygen atoms in total. The van der Waals surface area contributed by atoms with E-state index in [1.807, 2.05) is 12.1 Å². The van der Waals surface area contributed by atoms with E-state index in [1.165, 1.54) is 18.2 Å². The summed E-state index contributed by atoms with van der Waals surface area (Å²) in [5.74, 6) is -0.401. The highest BCUT2D eigenvalue weighted by molar-refractivity contribution is 6.30. The molecule has 0 unspecified atom stereocenters. The van der Waals surface area contributed by atoms with E-state index in [0.717, 1.165) is 5.56 Å². The number of nitro benzene ring substituents is 1. The molecule has 3 rings (SSSR count). The van der Waals surface area contributed by atoms with Crippen LogP contribution in [0.1, 0.15) is 15.9 Å². The van der Waals surface area contributed by atoms with Crippen molar-refractivity contribution < 1.29 is 14.5 Å². The molecule has 2 aromatic carbocycles. The summed E-state index contributed by atoms with van der Waals surface area (Å²) >= 11 is 5.85. The van der Waals surface area contributed by atoms with Gasteiger partial charge >= 0.3 is 0 Å². The van der Waals surface area contributed by atoms with Gasteiger partial charge in [0, 0.05) is 37.3 Å². The van der Waals surface area contributed by atoms with Gasteiger partial charge in [-0.15, -0.1) is 0 Å².